The maximum Gasteiger partial charge on any atom is 0.0525 e. The molecule has 0 aliphatic heterocycles. The van der Waals surface area contributed by atoms with E-state index in [1.54, 1.807) is 0 Å². The van der Waals surface area contributed by atoms with E-state index in [2.05, 4.69) is 37.5 Å². The first-order valence-corrected chi connectivity index (χ1v) is 6.22. The molecule has 1 atom stereocenters. The van der Waals surface area contributed by atoms with Gasteiger partial charge in [0.15, 0.2) is 0 Å². The Hall–Kier alpha value is -0.830. The van der Waals surface area contributed by atoms with Gasteiger partial charge in [0, 0.05) is 17.8 Å². The summed E-state index contributed by atoms with van der Waals surface area (Å²) in [5, 5.41) is 4.48. The Morgan fingerprint density at radius 1 is 1.19 bits per heavy atom. The molecule has 92 valence electrons. The Labute approximate surface area is 99.0 Å². The molecule has 1 heterocycles. The highest BCUT2D eigenvalue weighted by molar-refractivity contribution is 5.20. The Morgan fingerprint density at radius 3 is 2.25 bits per heavy atom. The van der Waals surface area contributed by atoms with Gasteiger partial charge in [0.2, 0.25) is 0 Å². The van der Waals surface area contributed by atoms with Gasteiger partial charge in [-0.15, -0.1) is 0 Å². The Balaban J connectivity index is 2.99. The molecule has 0 amide bonds. The molecule has 0 fully saturated rings. The van der Waals surface area contributed by atoms with E-state index in [1.165, 1.54) is 11.3 Å². The van der Waals surface area contributed by atoms with Crippen molar-refractivity contribution in [3.63, 3.8) is 0 Å². The second-order valence-electron chi connectivity index (χ2n) is 5.43. The van der Waals surface area contributed by atoms with E-state index in [1.807, 2.05) is 13.1 Å². The molecule has 0 aliphatic carbocycles. The molecule has 0 aromatic carbocycles. The second kappa shape index (κ2) is 5.48. The highest BCUT2D eigenvalue weighted by Gasteiger charge is 2.15. The van der Waals surface area contributed by atoms with E-state index < -0.39 is 0 Å². The molecule has 0 saturated carbocycles. The van der Waals surface area contributed by atoms with Gasteiger partial charge < -0.3 is 5.73 Å². The van der Waals surface area contributed by atoms with Gasteiger partial charge in [-0.25, -0.2) is 0 Å². The number of rotatable bonds is 5. The number of hydrogen-bond acceptors (Lipinski definition) is 2. The minimum Gasteiger partial charge on any atom is -0.328 e. The van der Waals surface area contributed by atoms with Crippen molar-refractivity contribution in [1.82, 2.24) is 9.78 Å². The average molecular weight is 223 g/mol. The molecule has 1 aromatic rings. The van der Waals surface area contributed by atoms with Crippen LogP contribution < -0.4 is 5.73 Å². The van der Waals surface area contributed by atoms with Gasteiger partial charge >= 0.3 is 0 Å². The summed E-state index contributed by atoms with van der Waals surface area (Å²) in [6, 6.07) is 0.631. The third-order valence-corrected chi connectivity index (χ3v) is 2.62. The van der Waals surface area contributed by atoms with Crippen molar-refractivity contribution in [3.05, 3.63) is 17.5 Å². The third-order valence-electron chi connectivity index (χ3n) is 2.62. The summed E-state index contributed by atoms with van der Waals surface area (Å²) in [6.45, 7) is 10.9. The molecule has 2 N–H and O–H groups in total. The normalized spacial score (nSPS) is 13.8. The van der Waals surface area contributed by atoms with Crippen LogP contribution in [0.4, 0.5) is 0 Å². The smallest absolute Gasteiger partial charge is 0.0525 e. The molecule has 1 rings (SSSR count). The number of nitrogens with two attached hydrogens (primary N) is 1. The number of nitrogens with zero attached hydrogens (tertiary/aromatic N) is 2. The van der Waals surface area contributed by atoms with Gasteiger partial charge in [-0.3, -0.25) is 4.68 Å². The van der Waals surface area contributed by atoms with Crippen molar-refractivity contribution in [2.45, 2.75) is 59.5 Å². The molecule has 0 saturated heterocycles. The lowest BCUT2D eigenvalue weighted by atomic mass is 10.0. The van der Waals surface area contributed by atoms with Gasteiger partial charge in [-0.1, -0.05) is 13.8 Å². The van der Waals surface area contributed by atoms with Gasteiger partial charge in [0.1, 0.15) is 0 Å². The van der Waals surface area contributed by atoms with E-state index in [0.29, 0.717) is 12.0 Å². The highest BCUT2D eigenvalue weighted by atomic mass is 15.3. The summed E-state index contributed by atoms with van der Waals surface area (Å²) in [5.74, 6) is 0.654. The minimum absolute atomic E-state index is 0.204. The largest absolute Gasteiger partial charge is 0.328 e. The summed E-state index contributed by atoms with van der Waals surface area (Å²) in [6.07, 6.45) is 4.00. The highest BCUT2D eigenvalue weighted by Crippen LogP contribution is 2.19. The molecule has 0 spiro atoms. The summed E-state index contributed by atoms with van der Waals surface area (Å²) in [4.78, 5) is 0. The topological polar surface area (TPSA) is 43.8 Å². The van der Waals surface area contributed by atoms with Crippen LogP contribution >= 0.6 is 0 Å². The molecule has 0 radical (unpaired) electrons. The second-order valence-corrected chi connectivity index (χ2v) is 5.43. The first kappa shape index (κ1) is 13.2. The van der Waals surface area contributed by atoms with Gasteiger partial charge in [-0.05, 0) is 45.1 Å². The molecular formula is C13H25N3. The fourth-order valence-corrected chi connectivity index (χ4v) is 2.00. The van der Waals surface area contributed by atoms with Crippen molar-refractivity contribution in [1.29, 1.82) is 0 Å². The predicted molar refractivity (Wildman–Crippen MR) is 68.5 cm³/mol. The lowest BCUT2D eigenvalue weighted by Gasteiger charge is -2.15. The summed E-state index contributed by atoms with van der Waals surface area (Å²) in [5.41, 5.74) is 8.55. The average Bonchev–Trinajstić information content (AvgIpc) is 2.47. The van der Waals surface area contributed by atoms with Gasteiger partial charge in [-0.2, -0.15) is 5.10 Å². The van der Waals surface area contributed by atoms with Crippen LogP contribution in [0.15, 0.2) is 6.20 Å². The van der Waals surface area contributed by atoms with Gasteiger partial charge in [0.05, 0.1) is 6.20 Å². The molecule has 0 bridgehead atoms. The van der Waals surface area contributed by atoms with Crippen LogP contribution in [0.1, 0.15) is 51.9 Å². The van der Waals surface area contributed by atoms with Crippen molar-refractivity contribution in [2.75, 3.05) is 0 Å². The molecule has 1 aromatic heterocycles. The number of aromatic nitrogens is 2. The van der Waals surface area contributed by atoms with Crippen LogP contribution in [0.5, 0.6) is 0 Å². The van der Waals surface area contributed by atoms with E-state index in [9.17, 15) is 0 Å². The first-order valence-electron chi connectivity index (χ1n) is 6.22. The van der Waals surface area contributed by atoms with E-state index in [0.717, 1.165) is 12.8 Å². The van der Waals surface area contributed by atoms with Gasteiger partial charge in [0.25, 0.3) is 0 Å². The van der Waals surface area contributed by atoms with E-state index in [4.69, 9.17) is 5.73 Å². The monoisotopic (exact) mass is 223 g/mol. The number of hydrogen-bond donors (Lipinski definition) is 1. The fraction of sp³-hybridized carbons (Fsp3) is 0.769. The Bertz CT molecular complexity index is 324. The van der Waals surface area contributed by atoms with Crippen LogP contribution in [0, 0.1) is 5.92 Å². The Morgan fingerprint density at radius 2 is 1.81 bits per heavy atom. The zero-order valence-electron chi connectivity index (χ0n) is 11.2. The van der Waals surface area contributed by atoms with Crippen molar-refractivity contribution >= 4 is 0 Å². The predicted octanol–water partition coefficient (Wildman–Crippen LogP) is 2.55. The van der Waals surface area contributed by atoms with Crippen LogP contribution in [0.3, 0.4) is 0 Å². The third kappa shape index (κ3) is 3.34. The maximum absolute atomic E-state index is 5.87. The maximum atomic E-state index is 5.87. The van der Waals surface area contributed by atoms with Crippen LogP contribution in [-0.2, 0) is 12.8 Å². The SMILES string of the molecule is CC(C)Cc1c(CC(C)N)cnn1C(C)C. The molecule has 3 heteroatoms. The summed E-state index contributed by atoms with van der Waals surface area (Å²) >= 11 is 0. The lowest BCUT2D eigenvalue weighted by Crippen LogP contribution is -2.19. The van der Waals surface area contributed by atoms with Crippen LogP contribution in [0.2, 0.25) is 0 Å². The summed E-state index contributed by atoms with van der Waals surface area (Å²) < 4.78 is 2.14. The molecule has 0 aliphatic rings. The molecule has 3 nitrogen and oxygen atoms in total. The van der Waals surface area contributed by atoms with Crippen LogP contribution in [0.25, 0.3) is 0 Å². The molecule has 16 heavy (non-hydrogen) atoms. The lowest BCUT2D eigenvalue weighted by molar-refractivity contribution is 0.486. The summed E-state index contributed by atoms with van der Waals surface area (Å²) in [7, 11) is 0. The zero-order valence-corrected chi connectivity index (χ0v) is 11.2. The van der Waals surface area contributed by atoms with Crippen molar-refractivity contribution < 1.29 is 0 Å². The molecule has 1 unspecified atom stereocenters. The van der Waals surface area contributed by atoms with Crippen molar-refractivity contribution in [2.24, 2.45) is 11.7 Å². The minimum atomic E-state index is 0.204. The standard InChI is InChI=1S/C13H25N3/c1-9(2)6-13-12(7-11(5)14)8-15-16(13)10(3)4/h8-11H,6-7,14H2,1-5H3. The van der Waals surface area contributed by atoms with E-state index >= 15 is 0 Å². The van der Waals surface area contributed by atoms with Crippen LogP contribution in [-0.4, -0.2) is 15.8 Å². The van der Waals surface area contributed by atoms with E-state index in [-0.39, 0.29) is 6.04 Å². The Kier molecular flexibility index (Phi) is 4.54. The quantitative estimate of drug-likeness (QED) is 0.833. The first-order chi connectivity index (χ1) is 7.41. The van der Waals surface area contributed by atoms with Crippen molar-refractivity contribution in [3.8, 4) is 0 Å². The zero-order chi connectivity index (χ0) is 12.3. The molecular weight excluding hydrogens is 198 g/mol. The fourth-order valence-electron chi connectivity index (χ4n) is 2.00.